The van der Waals surface area contributed by atoms with Crippen LogP contribution in [0.25, 0.3) is 10.9 Å². The fraction of sp³-hybridized carbons (Fsp3) is 0.0714. The minimum Gasteiger partial charge on any atom is -0.398 e. The van der Waals surface area contributed by atoms with Gasteiger partial charge in [0.25, 0.3) is 5.56 Å². The molecule has 0 aliphatic carbocycles. The van der Waals surface area contributed by atoms with Gasteiger partial charge in [-0.1, -0.05) is 45.0 Å². The van der Waals surface area contributed by atoms with E-state index in [1.807, 2.05) is 30.3 Å². The van der Waals surface area contributed by atoms with E-state index in [0.717, 1.165) is 9.37 Å². The zero-order valence-electron chi connectivity index (χ0n) is 10.9. The average molecular weight is 363 g/mol. The molecule has 0 amide bonds. The predicted octanol–water partition coefficient (Wildman–Crippen LogP) is 2.89. The van der Waals surface area contributed by atoms with E-state index in [0.29, 0.717) is 22.5 Å². The SMILES string of the molecule is Nc1ccc(Br)cc1SCn1nnc2ccccc2c1=O. The van der Waals surface area contributed by atoms with E-state index in [2.05, 4.69) is 26.2 Å². The number of benzene rings is 2. The maximum absolute atomic E-state index is 12.3. The van der Waals surface area contributed by atoms with Crippen LogP contribution in [0.1, 0.15) is 0 Å². The van der Waals surface area contributed by atoms with Gasteiger partial charge < -0.3 is 5.73 Å². The maximum atomic E-state index is 12.3. The highest BCUT2D eigenvalue weighted by Gasteiger charge is 2.07. The summed E-state index contributed by atoms with van der Waals surface area (Å²) < 4.78 is 2.28. The highest BCUT2D eigenvalue weighted by atomic mass is 79.9. The smallest absolute Gasteiger partial charge is 0.278 e. The Hall–Kier alpha value is -1.86. The number of hydrogen-bond acceptors (Lipinski definition) is 5. The number of nitrogens with two attached hydrogens (primary N) is 1. The van der Waals surface area contributed by atoms with Gasteiger partial charge in [-0.2, -0.15) is 0 Å². The van der Waals surface area contributed by atoms with Crippen LogP contribution in [-0.2, 0) is 5.88 Å². The monoisotopic (exact) mass is 362 g/mol. The Morgan fingerprint density at radius 3 is 2.90 bits per heavy atom. The summed E-state index contributed by atoms with van der Waals surface area (Å²) in [4.78, 5) is 13.2. The van der Waals surface area contributed by atoms with Crippen LogP contribution < -0.4 is 11.3 Å². The van der Waals surface area contributed by atoms with Gasteiger partial charge in [0.1, 0.15) is 5.52 Å². The fourth-order valence-corrected chi connectivity index (χ4v) is 3.26. The van der Waals surface area contributed by atoms with Crippen molar-refractivity contribution in [3.8, 4) is 0 Å². The number of anilines is 1. The third kappa shape index (κ3) is 2.93. The minimum absolute atomic E-state index is 0.151. The lowest BCUT2D eigenvalue weighted by Gasteiger charge is -2.07. The molecule has 2 N–H and O–H groups in total. The Labute approximate surface area is 133 Å². The van der Waals surface area contributed by atoms with Gasteiger partial charge in [-0.05, 0) is 30.3 Å². The summed E-state index contributed by atoms with van der Waals surface area (Å²) in [6.45, 7) is 0. The summed E-state index contributed by atoms with van der Waals surface area (Å²) in [7, 11) is 0. The first kappa shape index (κ1) is 14.1. The van der Waals surface area contributed by atoms with Crippen molar-refractivity contribution in [1.29, 1.82) is 0 Å². The molecule has 0 aliphatic heterocycles. The van der Waals surface area contributed by atoms with Crippen molar-refractivity contribution >= 4 is 44.3 Å². The van der Waals surface area contributed by atoms with Gasteiger partial charge >= 0.3 is 0 Å². The number of thioether (sulfide) groups is 1. The van der Waals surface area contributed by atoms with Crippen LogP contribution in [0.15, 0.2) is 56.6 Å². The quantitative estimate of drug-likeness (QED) is 0.572. The van der Waals surface area contributed by atoms with Crippen LogP contribution in [0.3, 0.4) is 0 Å². The standard InChI is InChI=1S/C14H11BrN4OS/c15-9-5-6-11(16)13(7-9)21-8-19-14(20)10-3-1-2-4-12(10)17-18-19/h1-7H,8,16H2. The van der Waals surface area contributed by atoms with E-state index >= 15 is 0 Å². The highest BCUT2D eigenvalue weighted by molar-refractivity contribution is 9.10. The third-order valence-electron chi connectivity index (χ3n) is 2.95. The van der Waals surface area contributed by atoms with Gasteiger partial charge in [0.05, 0.1) is 11.3 Å². The number of halogens is 1. The number of fused-ring (bicyclic) bond motifs is 1. The fourth-order valence-electron chi connectivity index (χ4n) is 1.87. The lowest BCUT2D eigenvalue weighted by molar-refractivity contribution is 0.645. The molecule has 21 heavy (non-hydrogen) atoms. The topological polar surface area (TPSA) is 73.8 Å². The molecule has 0 bridgehead atoms. The molecule has 0 atom stereocenters. The van der Waals surface area contributed by atoms with Crippen molar-refractivity contribution in [2.45, 2.75) is 10.8 Å². The molecule has 2 aromatic carbocycles. The van der Waals surface area contributed by atoms with Crippen LogP contribution in [0.2, 0.25) is 0 Å². The Balaban J connectivity index is 1.90. The summed E-state index contributed by atoms with van der Waals surface area (Å²) in [6, 6.07) is 12.8. The van der Waals surface area contributed by atoms with Gasteiger partial charge in [0.15, 0.2) is 0 Å². The van der Waals surface area contributed by atoms with Gasteiger partial charge in [-0.25, -0.2) is 4.68 Å². The molecule has 1 aromatic heterocycles. The van der Waals surface area contributed by atoms with E-state index < -0.39 is 0 Å². The molecule has 1 heterocycles. The molecule has 5 nitrogen and oxygen atoms in total. The van der Waals surface area contributed by atoms with Gasteiger partial charge in [0, 0.05) is 15.1 Å². The number of aromatic nitrogens is 3. The molecule has 106 valence electrons. The Bertz CT molecular complexity index is 865. The number of rotatable bonds is 3. The lowest BCUT2D eigenvalue weighted by atomic mass is 10.2. The first-order valence-corrected chi connectivity index (χ1v) is 7.93. The average Bonchev–Trinajstić information content (AvgIpc) is 2.50. The van der Waals surface area contributed by atoms with Crippen LogP contribution in [0, 0.1) is 0 Å². The molecule has 0 spiro atoms. The largest absolute Gasteiger partial charge is 0.398 e. The van der Waals surface area contributed by atoms with Crippen molar-refractivity contribution in [2.24, 2.45) is 0 Å². The maximum Gasteiger partial charge on any atom is 0.278 e. The minimum atomic E-state index is -0.151. The van der Waals surface area contributed by atoms with E-state index in [1.54, 1.807) is 12.1 Å². The molecule has 0 aliphatic rings. The number of hydrogen-bond donors (Lipinski definition) is 1. The molecule has 0 radical (unpaired) electrons. The molecule has 7 heteroatoms. The summed E-state index contributed by atoms with van der Waals surface area (Å²) in [5.41, 5.74) is 7.04. The molecule has 0 saturated carbocycles. The second kappa shape index (κ2) is 5.87. The normalized spacial score (nSPS) is 10.9. The Morgan fingerprint density at radius 2 is 2.05 bits per heavy atom. The van der Waals surface area contributed by atoms with E-state index in [-0.39, 0.29) is 5.56 Å². The summed E-state index contributed by atoms with van der Waals surface area (Å²) in [5, 5.41) is 8.57. The molecule has 0 fully saturated rings. The summed E-state index contributed by atoms with van der Waals surface area (Å²) >= 11 is 4.85. The first-order chi connectivity index (χ1) is 10.1. The Morgan fingerprint density at radius 1 is 1.24 bits per heavy atom. The third-order valence-corrected chi connectivity index (χ3v) is 4.48. The van der Waals surface area contributed by atoms with Crippen molar-refractivity contribution in [3.05, 3.63) is 57.3 Å². The zero-order valence-corrected chi connectivity index (χ0v) is 13.3. The van der Waals surface area contributed by atoms with E-state index in [1.165, 1.54) is 16.4 Å². The van der Waals surface area contributed by atoms with Crippen LogP contribution >= 0.6 is 27.7 Å². The second-order valence-electron chi connectivity index (χ2n) is 4.37. The van der Waals surface area contributed by atoms with Crippen molar-refractivity contribution in [2.75, 3.05) is 5.73 Å². The summed E-state index contributed by atoms with van der Waals surface area (Å²) in [5.74, 6) is 0.358. The predicted molar refractivity (Wildman–Crippen MR) is 88.2 cm³/mol. The van der Waals surface area contributed by atoms with Crippen molar-refractivity contribution < 1.29 is 0 Å². The van der Waals surface area contributed by atoms with E-state index in [9.17, 15) is 4.79 Å². The summed E-state index contributed by atoms with van der Waals surface area (Å²) in [6.07, 6.45) is 0. The molecular weight excluding hydrogens is 352 g/mol. The number of nitrogens with zero attached hydrogens (tertiary/aromatic N) is 3. The van der Waals surface area contributed by atoms with Crippen LogP contribution in [-0.4, -0.2) is 15.0 Å². The molecule has 3 rings (SSSR count). The van der Waals surface area contributed by atoms with E-state index in [4.69, 9.17) is 5.73 Å². The number of nitrogen functional groups attached to an aromatic ring is 1. The van der Waals surface area contributed by atoms with Gasteiger partial charge in [-0.3, -0.25) is 4.79 Å². The second-order valence-corrected chi connectivity index (χ2v) is 6.27. The Kier molecular flexibility index (Phi) is 3.94. The first-order valence-electron chi connectivity index (χ1n) is 6.15. The zero-order chi connectivity index (χ0) is 14.8. The molecule has 0 saturated heterocycles. The molecule has 3 aromatic rings. The van der Waals surface area contributed by atoms with Crippen LogP contribution in [0.5, 0.6) is 0 Å². The van der Waals surface area contributed by atoms with Gasteiger partial charge in [-0.15, -0.1) is 5.10 Å². The lowest BCUT2D eigenvalue weighted by Crippen LogP contribution is -2.23. The van der Waals surface area contributed by atoms with Crippen molar-refractivity contribution in [1.82, 2.24) is 15.0 Å². The van der Waals surface area contributed by atoms with Crippen LogP contribution in [0.4, 0.5) is 5.69 Å². The highest BCUT2D eigenvalue weighted by Crippen LogP contribution is 2.28. The molecule has 0 unspecified atom stereocenters. The van der Waals surface area contributed by atoms with Gasteiger partial charge in [0.2, 0.25) is 0 Å². The van der Waals surface area contributed by atoms with Crippen molar-refractivity contribution in [3.63, 3.8) is 0 Å². The molecular formula is C14H11BrN4OS.